The van der Waals surface area contributed by atoms with Gasteiger partial charge in [-0.15, -0.1) is 0 Å². The third-order valence-corrected chi connectivity index (χ3v) is 4.07. The molecule has 1 saturated heterocycles. The van der Waals surface area contributed by atoms with Crippen molar-refractivity contribution >= 4 is 23.8 Å². The molecule has 0 bridgehead atoms. The van der Waals surface area contributed by atoms with Gasteiger partial charge < -0.3 is 14.2 Å². The second kappa shape index (κ2) is 9.02. The molecule has 0 radical (unpaired) electrons. The number of ether oxygens (including phenoxy) is 3. The highest BCUT2D eigenvalue weighted by molar-refractivity contribution is 5.95. The van der Waals surface area contributed by atoms with Crippen LogP contribution in [-0.2, 0) is 46.4 Å². The molecule has 1 aliphatic heterocycles. The fraction of sp³-hybridized carbons (Fsp3) is 0.444. The van der Waals surface area contributed by atoms with Crippen LogP contribution in [-0.4, -0.2) is 42.7 Å². The molecule has 1 aromatic heterocycles. The number of rotatable bonds is 7. The van der Waals surface area contributed by atoms with E-state index in [0.29, 0.717) is 24.1 Å². The highest BCUT2D eigenvalue weighted by Gasteiger charge is 2.29. The smallest absolute Gasteiger partial charge is 0.332 e. The van der Waals surface area contributed by atoms with Crippen LogP contribution in [0.4, 0.5) is 0 Å². The van der Waals surface area contributed by atoms with Gasteiger partial charge >= 0.3 is 17.9 Å². The maximum Gasteiger partial charge on any atom is 0.332 e. The maximum absolute atomic E-state index is 12.3. The lowest BCUT2D eigenvalue weighted by Gasteiger charge is -2.19. The molecule has 0 saturated carbocycles. The summed E-state index contributed by atoms with van der Waals surface area (Å²) in [5, 5.41) is 1.37. The Labute approximate surface area is 156 Å². The lowest BCUT2D eigenvalue weighted by Crippen LogP contribution is -2.33. The van der Waals surface area contributed by atoms with Crippen LogP contribution in [0.5, 0.6) is 0 Å². The van der Waals surface area contributed by atoms with E-state index in [1.807, 2.05) is 0 Å². The molecule has 1 fully saturated rings. The summed E-state index contributed by atoms with van der Waals surface area (Å²) >= 11 is 0. The molecular formula is C18H22N2O7. The minimum atomic E-state index is -0.553. The summed E-state index contributed by atoms with van der Waals surface area (Å²) in [5.74, 6) is -1.54. The molecule has 0 unspecified atom stereocenters. The number of amides is 1. The first-order valence-corrected chi connectivity index (χ1v) is 8.37. The predicted octanol–water partition coefficient (Wildman–Crippen LogP) is 0.972. The van der Waals surface area contributed by atoms with Crippen LogP contribution in [0.3, 0.4) is 0 Å². The van der Waals surface area contributed by atoms with Crippen molar-refractivity contribution in [2.75, 3.05) is 19.2 Å². The number of hydrogen-bond donors (Lipinski definition) is 0. The van der Waals surface area contributed by atoms with E-state index in [1.165, 1.54) is 36.9 Å². The molecule has 1 aromatic rings. The summed E-state index contributed by atoms with van der Waals surface area (Å²) in [6.45, 7) is 1.31. The quantitative estimate of drug-likeness (QED) is 0.396. The van der Waals surface area contributed by atoms with Gasteiger partial charge in [-0.2, -0.15) is 0 Å². The van der Waals surface area contributed by atoms with Crippen LogP contribution in [0.2, 0.25) is 0 Å². The van der Waals surface area contributed by atoms with Gasteiger partial charge in [-0.3, -0.25) is 19.1 Å². The average molecular weight is 378 g/mol. The van der Waals surface area contributed by atoms with E-state index in [9.17, 15) is 19.2 Å². The normalized spacial score (nSPS) is 15.1. The summed E-state index contributed by atoms with van der Waals surface area (Å²) in [7, 11) is 2.57. The van der Waals surface area contributed by atoms with Crippen molar-refractivity contribution in [1.29, 1.82) is 0 Å². The van der Waals surface area contributed by atoms with Crippen molar-refractivity contribution in [2.24, 2.45) is 0 Å². The molecule has 146 valence electrons. The molecule has 9 heteroatoms. The molecule has 0 N–H and O–H groups in total. The second-order valence-corrected chi connectivity index (χ2v) is 5.91. The number of methoxy groups -OCH3 is 2. The Morgan fingerprint density at radius 3 is 2.44 bits per heavy atom. The molecule has 1 aliphatic rings. The lowest BCUT2D eigenvalue weighted by atomic mass is 10.1. The van der Waals surface area contributed by atoms with Gasteiger partial charge in [0.15, 0.2) is 0 Å². The standard InChI is InChI=1S/C18H22N2O7/c1-12(21)27-11-14-10-19(9-13(14)4-7-17(23)25-2)20-15(5-6-16(20)22)8-18(24)26-3/h8-10H,4-7,11H2,1-3H3/b15-8+. The number of nitrogens with zero attached hydrogens (tertiary/aromatic N) is 2. The zero-order chi connectivity index (χ0) is 20.0. The number of hydrogen-bond acceptors (Lipinski definition) is 7. The van der Waals surface area contributed by atoms with Gasteiger partial charge in [0.25, 0.3) is 0 Å². The van der Waals surface area contributed by atoms with E-state index in [-0.39, 0.29) is 31.3 Å². The molecular weight excluding hydrogens is 356 g/mol. The highest BCUT2D eigenvalue weighted by atomic mass is 16.5. The topological polar surface area (TPSA) is 104 Å². The highest BCUT2D eigenvalue weighted by Crippen LogP contribution is 2.24. The third-order valence-electron chi connectivity index (χ3n) is 4.07. The monoisotopic (exact) mass is 378 g/mol. The van der Waals surface area contributed by atoms with Crippen molar-refractivity contribution in [1.82, 2.24) is 4.68 Å². The Balaban J connectivity index is 2.32. The number of esters is 3. The predicted molar refractivity (Wildman–Crippen MR) is 92.8 cm³/mol. The van der Waals surface area contributed by atoms with Crippen LogP contribution in [0, 0.1) is 0 Å². The van der Waals surface area contributed by atoms with Crippen LogP contribution < -0.4 is 5.01 Å². The molecule has 2 rings (SSSR count). The van der Waals surface area contributed by atoms with Crippen LogP contribution >= 0.6 is 0 Å². The third kappa shape index (κ3) is 5.19. The largest absolute Gasteiger partial charge is 0.469 e. The minimum absolute atomic E-state index is 0.0108. The first kappa shape index (κ1) is 20.2. The Hall–Kier alpha value is -3.10. The van der Waals surface area contributed by atoms with E-state index < -0.39 is 11.9 Å². The van der Waals surface area contributed by atoms with Crippen molar-refractivity contribution in [3.63, 3.8) is 0 Å². The van der Waals surface area contributed by atoms with Crippen LogP contribution in [0.15, 0.2) is 24.2 Å². The molecule has 27 heavy (non-hydrogen) atoms. The SMILES string of the molecule is COC(=O)/C=C1\CCC(=O)N1n1cc(CCC(=O)OC)c(COC(C)=O)c1. The van der Waals surface area contributed by atoms with E-state index in [0.717, 1.165) is 5.56 Å². The average Bonchev–Trinajstić information content (AvgIpc) is 3.20. The van der Waals surface area contributed by atoms with Gasteiger partial charge in [0.2, 0.25) is 5.91 Å². The zero-order valence-corrected chi connectivity index (χ0v) is 15.5. The fourth-order valence-electron chi connectivity index (χ4n) is 2.72. The molecule has 0 atom stereocenters. The summed E-state index contributed by atoms with van der Waals surface area (Å²) in [4.78, 5) is 46.4. The van der Waals surface area contributed by atoms with Gasteiger partial charge in [0, 0.05) is 43.8 Å². The number of aryl methyl sites for hydroxylation is 1. The van der Waals surface area contributed by atoms with Crippen LogP contribution in [0.25, 0.3) is 0 Å². The van der Waals surface area contributed by atoms with Gasteiger partial charge in [-0.05, 0) is 18.4 Å². The number of aromatic nitrogens is 1. The number of allylic oxidation sites excluding steroid dienone is 1. The molecule has 9 nitrogen and oxygen atoms in total. The van der Waals surface area contributed by atoms with E-state index >= 15 is 0 Å². The number of carbonyl (C=O) groups is 4. The van der Waals surface area contributed by atoms with Crippen molar-refractivity contribution in [3.05, 3.63) is 35.3 Å². The Kier molecular flexibility index (Phi) is 6.75. The molecule has 1 amide bonds. The zero-order valence-electron chi connectivity index (χ0n) is 15.5. The fourth-order valence-corrected chi connectivity index (χ4v) is 2.72. The maximum atomic E-state index is 12.3. The molecule has 0 aromatic carbocycles. The van der Waals surface area contributed by atoms with E-state index in [1.54, 1.807) is 12.4 Å². The Morgan fingerprint density at radius 2 is 1.81 bits per heavy atom. The van der Waals surface area contributed by atoms with Gasteiger partial charge in [0.05, 0.1) is 19.9 Å². The number of carbonyl (C=O) groups excluding carboxylic acids is 4. The van der Waals surface area contributed by atoms with Gasteiger partial charge in [-0.1, -0.05) is 0 Å². The summed E-state index contributed by atoms with van der Waals surface area (Å²) in [6, 6.07) is 0. The molecule has 2 heterocycles. The van der Waals surface area contributed by atoms with Crippen molar-refractivity contribution < 1.29 is 33.4 Å². The summed E-state index contributed by atoms with van der Waals surface area (Å²) < 4.78 is 15.9. The van der Waals surface area contributed by atoms with E-state index in [2.05, 4.69) is 9.47 Å². The van der Waals surface area contributed by atoms with E-state index in [4.69, 9.17) is 4.74 Å². The lowest BCUT2D eigenvalue weighted by molar-refractivity contribution is -0.142. The first-order chi connectivity index (χ1) is 12.8. The first-order valence-electron chi connectivity index (χ1n) is 8.37. The molecule has 0 spiro atoms. The summed E-state index contributed by atoms with van der Waals surface area (Å²) in [6.07, 6.45) is 5.76. The minimum Gasteiger partial charge on any atom is -0.469 e. The Bertz CT molecular complexity index is 779. The Morgan fingerprint density at radius 1 is 1.11 bits per heavy atom. The second-order valence-electron chi connectivity index (χ2n) is 5.91. The van der Waals surface area contributed by atoms with Gasteiger partial charge in [0.1, 0.15) is 6.61 Å². The summed E-state index contributed by atoms with van der Waals surface area (Å²) in [5.41, 5.74) is 1.89. The van der Waals surface area contributed by atoms with Crippen molar-refractivity contribution in [3.8, 4) is 0 Å². The van der Waals surface area contributed by atoms with Crippen LogP contribution in [0.1, 0.15) is 37.3 Å². The molecule has 0 aliphatic carbocycles. The van der Waals surface area contributed by atoms with Gasteiger partial charge in [-0.25, -0.2) is 9.80 Å². The van der Waals surface area contributed by atoms with Crippen molar-refractivity contribution in [2.45, 2.75) is 39.2 Å².